The van der Waals surface area contributed by atoms with E-state index in [4.69, 9.17) is 20.8 Å². The van der Waals surface area contributed by atoms with Crippen LogP contribution in [0.5, 0.6) is 5.75 Å². The van der Waals surface area contributed by atoms with Crippen molar-refractivity contribution in [1.82, 2.24) is 9.21 Å². The van der Waals surface area contributed by atoms with Crippen LogP contribution in [0.1, 0.15) is 29.0 Å². The van der Waals surface area contributed by atoms with E-state index in [1.807, 2.05) is 24.3 Å². The van der Waals surface area contributed by atoms with E-state index < -0.39 is 10.0 Å². The minimum atomic E-state index is -3.74. The number of ether oxygens (including phenoxy) is 1. The minimum Gasteiger partial charge on any atom is -0.495 e. The number of amides is 1. The zero-order valence-corrected chi connectivity index (χ0v) is 20.0. The highest BCUT2D eigenvalue weighted by atomic mass is 35.5. The van der Waals surface area contributed by atoms with Gasteiger partial charge >= 0.3 is 0 Å². The fraction of sp³-hybridized carbons (Fsp3) is 0.292. The van der Waals surface area contributed by atoms with E-state index in [1.165, 1.54) is 28.4 Å². The molecule has 0 radical (unpaired) electrons. The fourth-order valence-electron chi connectivity index (χ4n) is 3.84. The Labute approximate surface area is 198 Å². The Kier molecular flexibility index (Phi) is 6.78. The highest BCUT2D eigenvalue weighted by molar-refractivity contribution is 7.89. The number of hydrogen-bond acceptors (Lipinski definition) is 5. The van der Waals surface area contributed by atoms with Crippen molar-refractivity contribution >= 4 is 27.5 Å². The molecular formula is C24H25ClN2O5S. The number of benzene rings is 2. The summed E-state index contributed by atoms with van der Waals surface area (Å²) in [6, 6.07) is 15.4. The van der Waals surface area contributed by atoms with Crippen molar-refractivity contribution in [3.63, 3.8) is 0 Å². The van der Waals surface area contributed by atoms with Crippen molar-refractivity contribution < 1.29 is 22.4 Å². The lowest BCUT2D eigenvalue weighted by Gasteiger charge is -2.20. The van der Waals surface area contributed by atoms with Gasteiger partial charge < -0.3 is 14.1 Å². The second kappa shape index (κ2) is 9.59. The molecule has 0 N–H and O–H groups in total. The van der Waals surface area contributed by atoms with Gasteiger partial charge in [-0.3, -0.25) is 4.79 Å². The Morgan fingerprint density at radius 1 is 1.09 bits per heavy atom. The van der Waals surface area contributed by atoms with Gasteiger partial charge in [0.2, 0.25) is 10.0 Å². The van der Waals surface area contributed by atoms with Gasteiger partial charge in [-0.15, -0.1) is 0 Å². The third kappa shape index (κ3) is 4.93. The molecule has 9 heteroatoms. The van der Waals surface area contributed by atoms with Gasteiger partial charge in [0, 0.05) is 36.3 Å². The molecule has 3 aromatic rings. The van der Waals surface area contributed by atoms with Crippen molar-refractivity contribution in [1.29, 1.82) is 0 Å². The van der Waals surface area contributed by atoms with E-state index in [1.54, 1.807) is 25.2 Å². The van der Waals surface area contributed by atoms with Crippen LogP contribution in [-0.2, 0) is 16.6 Å². The molecule has 1 aliphatic rings. The van der Waals surface area contributed by atoms with Gasteiger partial charge in [-0.2, -0.15) is 4.31 Å². The van der Waals surface area contributed by atoms with Crippen LogP contribution in [0.4, 0.5) is 0 Å². The molecule has 174 valence electrons. The van der Waals surface area contributed by atoms with Crippen LogP contribution < -0.4 is 4.74 Å². The highest BCUT2D eigenvalue weighted by Gasteiger charge is 2.31. The molecule has 0 atom stereocenters. The van der Waals surface area contributed by atoms with E-state index in [9.17, 15) is 13.2 Å². The highest BCUT2D eigenvalue weighted by Crippen LogP contribution is 2.30. The molecule has 2 aromatic carbocycles. The van der Waals surface area contributed by atoms with E-state index in [2.05, 4.69) is 0 Å². The predicted octanol–water partition coefficient (Wildman–Crippen LogP) is 4.67. The first-order valence-electron chi connectivity index (χ1n) is 10.6. The van der Waals surface area contributed by atoms with Crippen LogP contribution in [0.25, 0.3) is 11.3 Å². The lowest BCUT2D eigenvalue weighted by molar-refractivity contribution is 0.0775. The van der Waals surface area contributed by atoms with Gasteiger partial charge in [0.15, 0.2) is 0 Å². The number of sulfonamides is 1. The Balaban J connectivity index is 1.53. The number of nitrogens with zero attached hydrogens (tertiary/aromatic N) is 2. The molecule has 0 unspecified atom stereocenters. The first-order chi connectivity index (χ1) is 15.8. The second-order valence-electron chi connectivity index (χ2n) is 7.91. The molecule has 1 aliphatic heterocycles. The Morgan fingerprint density at radius 3 is 2.45 bits per heavy atom. The van der Waals surface area contributed by atoms with Crippen molar-refractivity contribution in [3.05, 3.63) is 70.9 Å². The van der Waals surface area contributed by atoms with Gasteiger partial charge in [-0.05, 0) is 67.4 Å². The summed E-state index contributed by atoms with van der Waals surface area (Å²) < 4.78 is 38.8. The normalized spacial score (nSPS) is 14.4. The lowest BCUT2D eigenvalue weighted by Crippen LogP contribution is -2.29. The maximum absolute atomic E-state index is 13.1. The summed E-state index contributed by atoms with van der Waals surface area (Å²) in [6.07, 6.45) is 1.65. The summed E-state index contributed by atoms with van der Waals surface area (Å²) in [7, 11) is -0.680. The number of methoxy groups -OCH3 is 1. The molecule has 1 saturated heterocycles. The molecule has 7 nitrogen and oxygen atoms in total. The maximum atomic E-state index is 13.1. The summed E-state index contributed by atoms with van der Waals surface area (Å²) in [5.41, 5.74) is 1.15. The maximum Gasteiger partial charge on any atom is 0.254 e. The van der Waals surface area contributed by atoms with Gasteiger partial charge in [0.25, 0.3) is 5.91 Å². The molecule has 4 rings (SSSR count). The Bertz CT molecular complexity index is 1250. The van der Waals surface area contributed by atoms with Crippen molar-refractivity contribution in [2.75, 3.05) is 27.2 Å². The van der Waals surface area contributed by atoms with Crippen molar-refractivity contribution in [2.45, 2.75) is 24.3 Å². The smallest absolute Gasteiger partial charge is 0.254 e. The van der Waals surface area contributed by atoms with E-state index in [0.29, 0.717) is 29.6 Å². The first-order valence-corrected chi connectivity index (χ1v) is 12.4. The van der Waals surface area contributed by atoms with Crippen LogP contribution in [0.3, 0.4) is 0 Å². The number of furan rings is 1. The van der Waals surface area contributed by atoms with Crippen LogP contribution in [-0.4, -0.2) is 50.8 Å². The summed E-state index contributed by atoms with van der Waals surface area (Å²) in [6.45, 7) is 1.17. The van der Waals surface area contributed by atoms with Gasteiger partial charge in [0.05, 0.1) is 13.7 Å². The molecule has 33 heavy (non-hydrogen) atoms. The summed E-state index contributed by atoms with van der Waals surface area (Å²) in [5, 5.41) is 0.640. The molecular weight excluding hydrogens is 464 g/mol. The Hall–Kier alpha value is -2.81. The molecule has 0 aliphatic carbocycles. The Morgan fingerprint density at radius 2 is 1.79 bits per heavy atom. The zero-order valence-electron chi connectivity index (χ0n) is 18.5. The van der Waals surface area contributed by atoms with E-state index in [-0.39, 0.29) is 28.7 Å². The zero-order chi connectivity index (χ0) is 23.6. The second-order valence-corrected chi connectivity index (χ2v) is 10.3. The predicted molar refractivity (Wildman–Crippen MR) is 126 cm³/mol. The molecule has 1 aromatic heterocycles. The number of rotatable bonds is 7. The molecule has 1 fully saturated rings. The van der Waals surface area contributed by atoms with Crippen LogP contribution >= 0.6 is 11.6 Å². The summed E-state index contributed by atoms with van der Waals surface area (Å²) >= 11 is 5.94. The van der Waals surface area contributed by atoms with Gasteiger partial charge in [-0.25, -0.2) is 8.42 Å². The average Bonchev–Trinajstić information content (AvgIpc) is 3.51. The number of hydrogen-bond donors (Lipinski definition) is 0. The molecule has 0 spiro atoms. The fourth-order valence-corrected chi connectivity index (χ4v) is 5.66. The largest absolute Gasteiger partial charge is 0.495 e. The quantitative estimate of drug-likeness (QED) is 0.483. The number of halogens is 1. The summed E-state index contributed by atoms with van der Waals surface area (Å²) in [5.74, 6) is 1.18. The molecule has 1 amide bonds. The van der Waals surface area contributed by atoms with Gasteiger partial charge in [0.1, 0.15) is 22.2 Å². The van der Waals surface area contributed by atoms with E-state index >= 15 is 0 Å². The third-order valence-corrected chi connectivity index (χ3v) is 7.80. The molecule has 2 heterocycles. The van der Waals surface area contributed by atoms with Crippen LogP contribution in [0, 0.1) is 0 Å². The first kappa shape index (κ1) is 23.4. The van der Waals surface area contributed by atoms with Crippen molar-refractivity contribution in [2.24, 2.45) is 0 Å². The van der Waals surface area contributed by atoms with Gasteiger partial charge in [-0.1, -0.05) is 11.6 Å². The summed E-state index contributed by atoms with van der Waals surface area (Å²) in [4.78, 5) is 14.6. The van der Waals surface area contributed by atoms with Crippen molar-refractivity contribution in [3.8, 4) is 17.1 Å². The third-order valence-electron chi connectivity index (χ3n) is 5.62. The number of carbonyl (C=O) groups is 1. The SMILES string of the molecule is COc1ccc(C(=O)N(C)Cc2ccc(-c3ccc(Cl)cc3)o2)cc1S(=O)(=O)N1CCCC1. The topological polar surface area (TPSA) is 80.1 Å². The van der Waals surface area contributed by atoms with E-state index in [0.717, 1.165) is 18.4 Å². The lowest BCUT2D eigenvalue weighted by atomic mass is 10.2. The molecule has 0 bridgehead atoms. The minimum absolute atomic E-state index is 0.00849. The number of carbonyl (C=O) groups excluding carboxylic acids is 1. The van der Waals surface area contributed by atoms with Crippen LogP contribution in [0.15, 0.2) is 63.9 Å². The molecule has 0 saturated carbocycles. The monoisotopic (exact) mass is 488 g/mol. The average molecular weight is 489 g/mol. The standard InChI is InChI=1S/C24H25ClN2O5S/c1-26(16-20-10-12-21(32-20)17-5-8-19(25)9-6-17)24(28)18-7-11-22(31-2)23(15-18)33(29,30)27-13-3-4-14-27/h5-12,15H,3-4,13-14,16H2,1-2H3. The van der Waals surface area contributed by atoms with Crippen LogP contribution in [0.2, 0.25) is 5.02 Å².